The molecular weight excluding hydrogens is 522 g/mol. The molecule has 3 aromatic carbocycles. The molecule has 0 aromatic heterocycles. The number of aliphatic hydroxyl groups excluding tert-OH is 1. The number of aliphatic hydroxyl groups is 1. The number of amides is 1. The number of methoxy groups -OCH3 is 1. The van der Waals surface area contributed by atoms with E-state index in [4.69, 9.17) is 14.2 Å². The van der Waals surface area contributed by atoms with Gasteiger partial charge in [0, 0.05) is 16.7 Å². The molecule has 2 N–H and O–H groups in total. The highest BCUT2D eigenvalue weighted by Crippen LogP contribution is 2.44. The van der Waals surface area contributed by atoms with Gasteiger partial charge in [-0.3, -0.25) is 9.59 Å². The second-order valence-electron chi connectivity index (χ2n) is 10.8. The minimum absolute atomic E-state index is 0.0530. The topological polar surface area (TPSA) is 106 Å². The Morgan fingerprint density at radius 1 is 0.902 bits per heavy atom. The molecule has 41 heavy (non-hydrogen) atoms. The predicted molar refractivity (Wildman–Crippen MR) is 156 cm³/mol. The summed E-state index contributed by atoms with van der Waals surface area (Å²) in [4.78, 5) is 28.6. The molecule has 1 fully saturated rings. The predicted octanol–water partition coefficient (Wildman–Crippen LogP) is 6.12. The first kappa shape index (κ1) is 29.5. The van der Waals surface area contributed by atoms with Crippen LogP contribution in [0.5, 0.6) is 23.0 Å². The number of para-hydroxylation sites is 1. The van der Waals surface area contributed by atoms with E-state index in [-0.39, 0.29) is 34.8 Å². The maximum atomic E-state index is 13.6. The number of nitrogens with zero attached hydrogens (tertiary/aromatic N) is 1. The highest BCUT2D eigenvalue weighted by molar-refractivity contribution is 6.46. The maximum Gasteiger partial charge on any atom is 0.295 e. The molecule has 0 bridgehead atoms. The normalized spacial score (nSPS) is 16.6. The fraction of sp³-hybridized carbons (Fsp3) is 0.333. The molecular formula is C33H37NO7. The zero-order valence-electron chi connectivity index (χ0n) is 24.4. The smallest absolute Gasteiger partial charge is 0.295 e. The molecule has 0 saturated carbocycles. The van der Waals surface area contributed by atoms with Crippen LogP contribution in [0.2, 0.25) is 0 Å². The van der Waals surface area contributed by atoms with Crippen LogP contribution >= 0.6 is 0 Å². The summed E-state index contributed by atoms with van der Waals surface area (Å²) in [6.45, 7) is 10.6. The van der Waals surface area contributed by atoms with E-state index in [1.54, 1.807) is 43.3 Å². The summed E-state index contributed by atoms with van der Waals surface area (Å²) in [5.74, 6) is -0.465. The van der Waals surface area contributed by atoms with E-state index in [2.05, 4.69) is 0 Å². The van der Waals surface area contributed by atoms with E-state index in [1.807, 2.05) is 45.9 Å². The molecule has 0 radical (unpaired) electrons. The molecule has 0 aliphatic carbocycles. The summed E-state index contributed by atoms with van der Waals surface area (Å²) in [5, 5.41) is 22.0. The number of phenolic OH excluding ortho intramolecular Hbond substituents is 1. The Bertz CT molecular complexity index is 1490. The molecule has 8 nitrogen and oxygen atoms in total. The number of likely N-dealkylation sites (tertiary alicyclic amines) is 1. The number of ether oxygens (including phenoxy) is 3. The van der Waals surface area contributed by atoms with Gasteiger partial charge >= 0.3 is 0 Å². The van der Waals surface area contributed by atoms with Gasteiger partial charge in [0.1, 0.15) is 17.3 Å². The Hall–Kier alpha value is -4.46. The minimum atomic E-state index is -0.954. The number of rotatable bonds is 9. The van der Waals surface area contributed by atoms with Crippen molar-refractivity contribution in [3.8, 4) is 23.0 Å². The fourth-order valence-electron chi connectivity index (χ4n) is 5.08. The molecule has 3 aromatic rings. The third kappa shape index (κ3) is 5.87. The summed E-state index contributed by atoms with van der Waals surface area (Å²) >= 11 is 0. The molecule has 1 saturated heterocycles. The van der Waals surface area contributed by atoms with Crippen molar-refractivity contribution >= 4 is 17.4 Å². The first-order chi connectivity index (χ1) is 19.5. The van der Waals surface area contributed by atoms with Gasteiger partial charge in [-0.05, 0) is 61.2 Å². The maximum absolute atomic E-state index is 13.6. The number of Topliss-reactive ketones (excluding diaryl/α,β-unsaturated/α-hetero) is 1. The van der Waals surface area contributed by atoms with Crippen LogP contribution < -0.4 is 14.2 Å². The Morgan fingerprint density at radius 2 is 1.59 bits per heavy atom. The summed E-state index contributed by atoms with van der Waals surface area (Å²) < 4.78 is 16.9. The number of hydrogen-bond donors (Lipinski definition) is 2. The second kappa shape index (κ2) is 12.0. The lowest BCUT2D eigenvalue weighted by Crippen LogP contribution is -2.29. The molecule has 8 heteroatoms. The van der Waals surface area contributed by atoms with Crippen LogP contribution in [0.15, 0.2) is 66.2 Å². The van der Waals surface area contributed by atoms with Gasteiger partial charge in [0.15, 0.2) is 11.5 Å². The lowest BCUT2D eigenvalue weighted by molar-refractivity contribution is -0.140. The highest BCUT2D eigenvalue weighted by Gasteiger charge is 2.46. The van der Waals surface area contributed by atoms with Gasteiger partial charge in [-0.15, -0.1) is 0 Å². The number of hydrogen-bond acceptors (Lipinski definition) is 7. The number of carbonyl (C=O) groups is 2. The van der Waals surface area contributed by atoms with Gasteiger partial charge in [0.05, 0.1) is 38.5 Å². The van der Waals surface area contributed by atoms with Crippen LogP contribution in [0.3, 0.4) is 0 Å². The van der Waals surface area contributed by atoms with Crippen molar-refractivity contribution in [2.75, 3.05) is 20.3 Å². The standard InChI is InChI=1S/C33H37NO7/c1-7-40-26-16-14-21(17-23(26)33(3,4)5)30(36)28-29(20-13-15-24(35)27(18-20)41-8-2)34(32(38)31(28)37)19-22-11-9-10-12-25(22)39-6/h9-18,29,35-36H,7-8,19H2,1-6H3/b30-28+. The fourth-order valence-corrected chi connectivity index (χ4v) is 5.08. The Balaban J connectivity index is 1.93. The molecule has 1 aliphatic rings. The van der Waals surface area contributed by atoms with Gasteiger partial charge in [0.2, 0.25) is 0 Å². The van der Waals surface area contributed by atoms with Gasteiger partial charge in [0.25, 0.3) is 11.7 Å². The van der Waals surface area contributed by atoms with Crippen molar-refractivity contribution < 1.29 is 34.0 Å². The van der Waals surface area contributed by atoms with E-state index >= 15 is 0 Å². The zero-order valence-corrected chi connectivity index (χ0v) is 24.4. The van der Waals surface area contributed by atoms with Crippen molar-refractivity contribution in [2.45, 2.75) is 52.6 Å². The van der Waals surface area contributed by atoms with Crippen molar-refractivity contribution in [3.63, 3.8) is 0 Å². The van der Waals surface area contributed by atoms with Gasteiger partial charge in [-0.2, -0.15) is 0 Å². The first-order valence-electron chi connectivity index (χ1n) is 13.7. The molecule has 1 heterocycles. The summed E-state index contributed by atoms with van der Waals surface area (Å²) in [6, 6.07) is 16.2. The third-order valence-corrected chi connectivity index (χ3v) is 7.03. The average molecular weight is 560 g/mol. The minimum Gasteiger partial charge on any atom is -0.507 e. The van der Waals surface area contributed by atoms with E-state index in [0.717, 1.165) is 5.56 Å². The van der Waals surface area contributed by atoms with E-state index < -0.39 is 17.7 Å². The molecule has 216 valence electrons. The van der Waals surface area contributed by atoms with E-state index in [9.17, 15) is 19.8 Å². The van der Waals surface area contributed by atoms with Crippen LogP contribution in [0, 0.1) is 0 Å². The number of ketones is 1. The number of carbonyl (C=O) groups excluding carboxylic acids is 2. The van der Waals surface area contributed by atoms with Crippen LogP contribution in [-0.4, -0.2) is 47.1 Å². The van der Waals surface area contributed by atoms with Crippen LogP contribution in [0.4, 0.5) is 0 Å². The molecule has 1 atom stereocenters. The lowest BCUT2D eigenvalue weighted by Gasteiger charge is -2.27. The molecule has 1 unspecified atom stereocenters. The highest BCUT2D eigenvalue weighted by atomic mass is 16.5. The van der Waals surface area contributed by atoms with Gasteiger partial charge in [-0.1, -0.05) is 45.0 Å². The summed E-state index contributed by atoms with van der Waals surface area (Å²) in [5.41, 5.74) is 2.07. The van der Waals surface area contributed by atoms with Gasteiger partial charge in [-0.25, -0.2) is 0 Å². The number of phenols is 1. The second-order valence-corrected chi connectivity index (χ2v) is 10.8. The van der Waals surface area contributed by atoms with Crippen molar-refractivity contribution in [2.24, 2.45) is 0 Å². The van der Waals surface area contributed by atoms with Crippen molar-refractivity contribution in [1.82, 2.24) is 4.90 Å². The zero-order chi connectivity index (χ0) is 29.9. The quantitative estimate of drug-likeness (QED) is 0.185. The number of benzene rings is 3. The van der Waals surface area contributed by atoms with Crippen molar-refractivity contribution in [1.29, 1.82) is 0 Å². The Labute approximate surface area is 240 Å². The SMILES string of the molecule is CCOc1cc(C2/C(=C(\O)c3ccc(OCC)c(C(C)(C)C)c3)C(=O)C(=O)N2Cc2ccccc2OC)ccc1O. The Kier molecular flexibility index (Phi) is 8.61. The molecule has 0 spiro atoms. The number of aromatic hydroxyl groups is 1. The monoisotopic (exact) mass is 559 g/mol. The summed E-state index contributed by atoms with van der Waals surface area (Å²) in [6.07, 6.45) is 0. The van der Waals surface area contributed by atoms with E-state index in [1.165, 1.54) is 18.1 Å². The lowest BCUT2D eigenvalue weighted by atomic mass is 9.84. The van der Waals surface area contributed by atoms with Crippen LogP contribution in [0.25, 0.3) is 5.76 Å². The van der Waals surface area contributed by atoms with E-state index in [0.29, 0.717) is 41.4 Å². The summed E-state index contributed by atoms with van der Waals surface area (Å²) in [7, 11) is 1.54. The Morgan fingerprint density at radius 3 is 2.24 bits per heavy atom. The molecule has 1 aliphatic heterocycles. The van der Waals surface area contributed by atoms with Crippen LogP contribution in [0.1, 0.15) is 62.9 Å². The van der Waals surface area contributed by atoms with Gasteiger partial charge < -0.3 is 29.3 Å². The third-order valence-electron chi connectivity index (χ3n) is 7.03. The van der Waals surface area contributed by atoms with Crippen molar-refractivity contribution in [3.05, 3.63) is 88.5 Å². The molecule has 1 amide bonds. The average Bonchev–Trinajstić information content (AvgIpc) is 3.19. The largest absolute Gasteiger partial charge is 0.507 e. The molecule has 4 rings (SSSR count). The first-order valence-corrected chi connectivity index (χ1v) is 13.7. The van der Waals surface area contributed by atoms with Crippen LogP contribution in [-0.2, 0) is 21.5 Å².